The number of hydrogen-bond donors (Lipinski definition) is 0. The summed E-state index contributed by atoms with van der Waals surface area (Å²) in [5.74, 6) is -0.0714. The van der Waals surface area contributed by atoms with Crippen molar-refractivity contribution in [2.75, 3.05) is 0 Å². The monoisotopic (exact) mass is 326 g/mol. The molecule has 6 nitrogen and oxygen atoms in total. The minimum atomic E-state index is -0.499. The van der Waals surface area contributed by atoms with Crippen LogP contribution in [0.15, 0.2) is 66.3 Å². The molecule has 0 spiro atoms. The summed E-state index contributed by atoms with van der Waals surface area (Å²) in [5.41, 5.74) is 1.17. The molecular weight excluding hydrogens is 316 g/mol. The zero-order chi connectivity index (χ0) is 16.1. The van der Waals surface area contributed by atoms with E-state index >= 15 is 0 Å². The molecule has 0 unspecified atom stereocenters. The molecule has 1 heterocycles. The van der Waals surface area contributed by atoms with Gasteiger partial charge in [-0.2, -0.15) is 5.10 Å². The fourth-order valence-electron chi connectivity index (χ4n) is 1.80. The minimum Gasteiger partial charge on any atom is -0.423 e. The third kappa shape index (κ3) is 3.81. The van der Waals surface area contributed by atoms with Crippen LogP contribution in [0, 0.1) is 0 Å². The molecule has 0 amide bonds. The summed E-state index contributed by atoms with van der Waals surface area (Å²) in [6, 6.07) is 13.7. The van der Waals surface area contributed by atoms with Crippen molar-refractivity contribution < 1.29 is 9.53 Å². The Hall–Kier alpha value is -2.99. The molecule has 0 fully saturated rings. The van der Waals surface area contributed by atoms with Crippen molar-refractivity contribution in [3.05, 3.63) is 77.3 Å². The van der Waals surface area contributed by atoms with Crippen LogP contribution in [-0.4, -0.2) is 27.1 Å². The molecule has 0 N–H and O–H groups in total. The highest BCUT2D eigenvalue weighted by Gasteiger charge is 2.11. The quantitative estimate of drug-likeness (QED) is 0.420. The largest absolute Gasteiger partial charge is 0.423 e. The van der Waals surface area contributed by atoms with Crippen LogP contribution < -0.4 is 4.74 Å². The van der Waals surface area contributed by atoms with Gasteiger partial charge in [-0.3, -0.25) is 0 Å². The number of esters is 1. The molecule has 0 aliphatic carbocycles. The molecule has 114 valence electrons. The van der Waals surface area contributed by atoms with Gasteiger partial charge in [0.1, 0.15) is 18.4 Å². The highest BCUT2D eigenvalue weighted by atomic mass is 35.5. The van der Waals surface area contributed by atoms with Crippen LogP contribution in [0.25, 0.3) is 0 Å². The van der Waals surface area contributed by atoms with Crippen LogP contribution in [0.2, 0.25) is 5.02 Å². The van der Waals surface area contributed by atoms with Gasteiger partial charge in [0.15, 0.2) is 0 Å². The van der Waals surface area contributed by atoms with Crippen molar-refractivity contribution in [2.45, 2.75) is 0 Å². The average molecular weight is 327 g/mol. The van der Waals surface area contributed by atoms with Crippen LogP contribution in [0.5, 0.6) is 5.75 Å². The SMILES string of the molecule is O=C(Oc1ccc(C=Nn2cnnc2)cc1)c1ccccc1Cl. The van der Waals surface area contributed by atoms with E-state index in [9.17, 15) is 4.79 Å². The number of hydrogen-bond acceptors (Lipinski definition) is 5. The van der Waals surface area contributed by atoms with Gasteiger partial charge >= 0.3 is 5.97 Å². The lowest BCUT2D eigenvalue weighted by Gasteiger charge is -2.05. The lowest BCUT2D eigenvalue weighted by atomic mass is 10.2. The molecule has 0 atom stereocenters. The summed E-state index contributed by atoms with van der Waals surface area (Å²) in [4.78, 5) is 12.1. The van der Waals surface area contributed by atoms with E-state index in [2.05, 4.69) is 15.3 Å². The Balaban J connectivity index is 1.68. The van der Waals surface area contributed by atoms with Gasteiger partial charge < -0.3 is 4.74 Å². The van der Waals surface area contributed by atoms with Gasteiger partial charge in [-0.1, -0.05) is 23.7 Å². The van der Waals surface area contributed by atoms with E-state index in [4.69, 9.17) is 16.3 Å². The Labute approximate surface area is 137 Å². The van der Waals surface area contributed by atoms with Crippen molar-refractivity contribution in [1.82, 2.24) is 14.9 Å². The maximum atomic E-state index is 12.1. The van der Waals surface area contributed by atoms with Gasteiger partial charge in [0.05, 0.1) is 16.8 Å². The third-order valence-corrected chi connectivity index (χ3v) is 3.26. The Morgan fingerprint density at radius 1 is 1.09 bits per heavy atom. The van der Waals surface area contributed by atoms with Crippen molar-refractivity contribution in [1.29, 1.82) is 0 Å². The normalized spacial score (nSPS) is 10.8. The van der Waals surface area contributed by atoms with Crippen molar-refractivity contribution in [3.8, 4) is 5.75 Å². The van der Waals surface area contributed by atoms with Crippen molar-refractivity contribution in [2.24, 2.45) is 5.10 Å². The lowest BCUT2D eigenvalue weighted by molar-refractivity contribution is 0.0735. The molecule has 3 rings (SSSR count). The van der Waals surface area contributed by atoms with Gasteiger partial charge in [0.25, 0.3) is 0 Å². The number of nitrogens with zero attached hydrogens (tertiary/aromatic N) is 4. The molecule has 0 bridgehead atoms. The fourth-order valence-corrected chi connectivity index (χ4v) is 2.01. The first-order valence-electron chi connectivity index (χ1n) is 6.68. The second kappa shape index (κ2) is 6.85. The van der Waals surface area contributed by atoms with Gasteiger partial charge in [-0.15, -0.1) is 10.2 Å². The molecule has 0 aliphatic rings. The number of rotatable bonds is 4. The lowest BCUT2D eigenvalue weighted by Crippen LogP contribution is -2.08. The second-order valence-electron chi connectivity index (χ2n) is 4.52. The first-order valence-corrected chi connectivity index (χ1v) is 7.06. The van der Waals surface area contributed by atoms with Crippen LogP contribution in [0.3, 0.4) is 0 Å². The summed E-state index contributed by atoms with van der Waals surface area (Å²) in [5, 5.41) is 11.8. The average Bonchev–Trinajstić information content (AvgIpc) is 3.08. The summed E-state index contributed by atoms with van der Waals surface area (Å²) >= 11 is 5.97. The molecule has 0 saturated heterocycles. The van der Waals surface area contributed by atoms with Crippen LogP contribution in [-0.2, 0) is 0 Å². The molecule has 1 aromatic heterocycles. The van der Waals surface area contributed by atoms with Crippen molar-refractivity contribution >= 4 is 23.8 Å². The predicted octanol–water partition coefficient (Wildman–Crippen LogP) is 3.03. The summed E-state index contributed by atoms with van der Waals surface area (Å²) < 4.78 is 6.77. The number of carbonyl (C=O) groups excluding carboxylic acids is 1. The van der Waals surface area contributed by atoms with E-state index in [0.717, 1.165) is 5.56 Å². The highest BCUT2D eigenvalue weighted by molar-refractivity contribution is 6.33. The maximum absolute atomic E-state index is 12.1. The predicted molar refractivity (Wildman–Crippen MR) is 85.9 cm³/mol. The van der Waals surface area contributed by atoms with Gasteiger partial charge in [0.2, 0.25) is 0 Å². The zero-order valence-electron chi connectivity index (χ0n) is 11.8. The standard InChI is InChI=1S/C16H11ClN4O2/c17-15-4-2-1-3-14(15)16(22)23-13-7-5-12(6-8-13)9-20-21-10-18-19-11-21/h1-11H. The van der Waals surface area contributed by atoms with E-state index < -0.39 is 5.97 Å². The van der Waals surface area contributed by atoms with Gasteiger partial charge in [-0.25, -0.2) is 9.47 Å². The molecular formula is C16H11ClN4O2. The van der Waals surface area contributed by atoms with Gasteiger partial charge in [0, 0.05) is 0 Å². The summed E-state index contributed by atoms with van der Waals surface area (Å²) in [7, 11) is 0. The fraction of sp³-hybridized carbons (Fsp3) is 0. The van der Waals surface area contributed by atoms with Gasteiger partial charge in [-0.05, 0) is 42.0 Å². The molecule has 3 aromatic rings. The van der Waals surface area contributed by atoms with E-state index in [0.29, 0.717) is 16.3 Å². The third-order valence-electron chi connectivity index (χ3n) is 2.93. The first kappa shape index (κ1) is 14.9. The highest BCUT2D eigenvalue weighted by Crippen LogP contribution is 2.18. The Morgan fingerprint density at radius 2 is 1.78 bits per heavy atom. The number of ether oxygens (including phenoxy) is 1. The molecule has 2 aromatic carbocycles. The second-order valence-corrected chi connectivity index (χ2v) is 4.93. The molecule has 0 aliphatic heterocycles. The zero-order valence-corrected chi connectivity index (χ0v) is 12.6. The van der Waals surface area contributed by atoms with Crippen molar-refractivity contribution in [3.63, 3.8) is 0 Å². The first-order chi connectivity index (χ1) is 11.2. The molecule has 0 saturated carbocycles. The minimum absolute atomic E-state index is 0.326. The van der Waals surface area contributed by atoms with E-state index in [1.54, 1.807) is 54.7 Å². The Bertz CT molecular complexity index is 830. The van der Waals surface area contributed by atoms with E-state index in [1.807, 2.05) is 0 Å². The number of aromatic nitrogens is 3. The van der Waals surface area contributed by atoms with Crippen LogP contribution in [0.1, 0.15) is 15.9 Å². The Kier molecular flexibility index (Phi) is 4.44. The maximum Gasteiger partial charge on any atom is 0.345 e. The molecule has 0 radical (unpaired) electrons. The number of carbonyl (C=O) groups is 1. The number of halogens is 1. The molecule has 23 heavy (non-hydrogen) atoms. The Morgan fingerprint density at radius 3 is 2.48 bits per heavy atom. The topological polar surface area (TPSA) is 69.4 Å². The van der Waals surface area contributed by atoms with Crippen LogP contribution in [0.4, 0.5) is 0 Å². The smallest absolute Gasteiger partial charge is 0.345 e. The summed E-state index contributed by atoms with van der Waals surface area (Å²) in [6.45, 7) is 0. The van der Waals surface area contributed by atoms with E-state index in [-0.39, 0.29) is 0 Å². The van der Waals surface area contributed by atoms with E-state index in [1.165, 1.54) is 17.3 Å². The summed E-state index contributed by atoms with van der Waals surface area (Å²) in [6.07, 6.45) is 4.61. The number of benzene rings is 2. The molecule has 7 heteroatoms. The van der Waals surface area contributed by atoms with Crippen LogP contribution >= 0.6 is 11.6 Å².